The van der Waals surface area contributed by atoms with Gasteiger partial charge in [0.15, 0.2) is 0 Å². The molecule has 0 aliphatic carbocycles. The quantitative estimate of drug-likeness (QED) is 0.694. The highest BCUT2D eigenvalue weighted by molar-refractivity contribution is 5.42. The molecule has 0 bridgehead atoms. The summed E-state index contributed by atoms with van der Waals surface area (Å²) in [6.45, 7) is 7.59. The van der Waals surface area contributed by atoms with Crippen molar-refractivity contribution in [1.29, 1.82) is 0 Å². The van der Waals surface area contributed by atoms with E-state index in [1.165, 1.54) is 11.1 Å². The molecule has 0 saturated heterocycles. The Balaban J connectivity index is 1.77. The minimum atomic E-state index is 0.0997. The number of aliphatic hydroxyl groups excluding tert-OH is 1. The average Bonchev–Trinajstić information content (AvgIpc) is 3.23. The van der Waals surface area contributed by atoms with Gasteiger partial charge >= 0.3 is 0 Å². The first kappa shape index (κ1) is 17.4. The number of rotatable bonds is 7. The molecule has 0 saturated carbocycles. The highest BCUT2D eigenvalue weighted by Gasteiger charge is 2.15. The molecule has 3 aromatic rings. The van der Waals surface area contributed by atoms with Gasteiger partial charge in [-0.2, -0.15) is 10.2 Å². The predicted octanol–water partition coefficient (Wildman–Crippen LogP) is 2.53. The summed E-state index contributed by atoms with van der Waals surface area (Å²) in [6.07, 6.45) is 3.75. The maximum Gasteiger partial charge on any atom is 0.0693 e. The van der Waals surface area contributed by atoms with Crippen LogP contribution in [0.5, 0.6) is 0 Å². The van der Waals surface area contributed by atoms with Gasteiger partial charge in [0.2, 0.25) is 0 Å². The molecule has 2 aromatic heterocycles. The second-order valence-corrected chi connectivity index (χ2v) is 6.21. The highest BCUT2D eigenvalue weighted by Crippen LogP contribution is 2.22. The van der Waals surface area contributed by atoms with Gasteiger partial charge in [-0.25, -0.2) is 4.68 Å². The summed E-state index contributed by atoms with van der Waals surface area (Å²) >= 11 is 0. The van der Waals surface area contributed by atoms with E-state index in [2.05, 4.69) is 47.6 Å². The molecule has 132 valence electrons. The molecular formula is C19H25N5O. The summed E-state index contributed by atoms with van der Waals surface area (Å²) in [4.78, 5) is 0. The molecule has 0 radical (unpaired) electrons. The van der Waals surface area contributed by atoms with Crippen molar-refractivity contribution in [3.63, 3.8) is 0 Å². The van der Waals surface area contributed by atoms with Crippen molar-refractivity contribution >= 4 is 0 Å². The lowest BCUT2D eigenvalue weighted by atomic mass is 10.1. The fourth-order valence-corrected chi connectivity index (χ4v) is 3.14. The molecule has 2 heterocycles. The molecule has 1 atom stereocenters. The summed E-state index contributed by atoms with van der Waals surface area (Å²) < 4.78 is 3.76. The van der Waals surface area contributed by atoms with Crippen LogP contribution in [-0.2, 0) is 13.1 Å². The lowest BCUT2D eigenvalue weighted by Crippen LogP contribution is -2.20. The Hall–Kier alpha value is -2.44. The van der Waals surface area contributed by atoms with Gasteiger partial charge in [0, 0.05) is 36.2 Å². The second-order valence-electron chi connectivity index (χ2n) is 6.21. The zero-order chi connectivity index (χ0) is 17.8. The van der Waals surface area contributed by atoms with Crippen LogP contribution in [0.4, 0.5) is 0 Å². The van der Waals surface area contributed by atoms with E-state index in [-0.39, 0.29) is 12.6 Å². The van der Waals surface area contributed by atoms with Gasteiger partial charge in [0.05, 0.1) is 24.5 Å². The minimum Gasteiger partial charge on any atom is -0.394 e. The summed E-state index contributed by atoms with van der Waals surface area (Å²) in [7, 11) is 0. The first-order chi connectivity index (χ1) is 12.1. The van der Waals surface area contributed by atoms with E-state index in [9.17, 15) is 0 Å². The van der Waals surface area contributed by atoms with Crippen molar-refractivity contribution in [3.8, 4) is 5.69 Å². The molecule has 0 aliphatic rings. The predicted molar refractivity (Wildman–Crippen MR) is 97.6 cm³/mol. The van der Waals surface area contributed by atoms with E-state index in [1.807, 2.05) is 34.6 Å². The molecule has 1 unspecified atom stereocenters. The standard InChI is InChI=1S/C19H25N5O/c1-14(17-7-4-5-8-19(17)24-10-6-9-21-24)20-13-18-15(2)22-23(11-12-25)16(18)3/h4-10,14,20,25H,11-13H2,1-3H3. The van der Waals surface area contributed by atoms with Crippen molar-refractivity contribution in [2.45, 2.75) is 39.9 Å². The number of aliphatic hydroxyl groups is 1. The van der Waals surface area contributed by atoms with Crippen molar-refractivity contribution in [2.24, 2.45) is 0 Å². The number of hydrogen-bond acceptors (Lipinski definition) is 4. The van der Waals surface area contributed by atoms with E-state index in [1.54, 1.807) is 6.20 Å². The smallest absolute Gasteiger partial charge is 0.0693 e. The molecule has 25 heavy (non-hydrogen) atoms. The normalized spacial score (nSPS) is 12.5. The van der Waals surface area contributed by atoms with Crippen LogP contribution in [0.15, 0.2) is 42.7 Å². The Kier molecular flexibility index (Phi) is 5.31. The third-order valence-corrected chi connectivity index (χ3v) is 4.58. The van der Waals surface area contributed by atoms with Crippen LogP contribution in [0.3, 0.4) is 0 Å². The highest BCUT2D eigenvalue weighted by atomic mass is 16.3. The Labute approximate surface area is 148 Å². The number of benzene rings is 1. The third-order valence-electron chi connectivity index (χ3n) is 4.58. The third kappa shape index (κ3) is 3.65. The topological polar surface area (TPSA) is 67.9 Å². The largest absolute Gasteiger partial charge is 0.394 e. The van der Waals surface area contributed by atoms with Gasteiger partial charge in [-0.05, 0) is 38.5 Å². The van der Waals surface area contributed by atoms with Crippen molar-refractivity contribution in [3.05, 3.63) is 65.2 Å². The molecular weight excluding hydrogens is 314 g/mol. The molecule has 6 nitrogen and oxygen atoms in total. The first-order valence-electron chi connectivity index (χ1n) is 8.58. The molecule has 6 heteroatoms. The maximum atomic E-state index is 9.15. The first-order valence-corrected chi connectivity index (χ1v) is 8.58. The molecule has 2 N–H and O–H groups in total. The average molecular weight is 339 g/mol. The number of para-hydroxylation sites is 1. The van der Waals surface area contributed by atoms with E-state index < -0.39 is 0 Å². The van der Waals surface area contributed by atoms with E-state index in [4.69, 9.17) is 5.11 Å². The van der Waals surface area contributed by atoms with Crippen LogP contribution in [0.1, 0.15) is 35.5 Å². The van der Waals surface area contributed by atoms with Crippen LogP contribution in [-0.4, -0.2) is 31.3 Å². The van der Waals surface area contributed by atoms with Gasteiger partial charge in [-0.3, -0.25) is 4.68 Å². The van der Waals surface area contributed by atoms with Crippen molar-refractivity contribution in [2.75, 3.05) is 6.61 Å². The summed E-state index contributed by atoms with van der Waals surface area (Å²) in [5.41, 5.74) is 5.58. The number of nitrogens with one attached hydrogen (secondary N) is 1. The van der Waals surface area contributed by atoms with Crippen molar-refractivity contribution in [1.82, 2.24) is 24.9 Å². The zero-order valence-electron chi connectivity index (χ0n) is 15.0. The van der Waals surface area contributed by atoms with Crippen LogP contribution in [0, 0.1) is 13.8 Å². The monoisotopic (exact) mass is 339 g/mol. The van der Waals surface area contributed by atoms with Gasteiger partial charge in [0.25, 0.3) is 0 Å². The van der Waals surface area contributed by atoms with Gasteiger partial charge in [0.1, 0.15) is 0 Å². The fraction of sp³-hybridized carbons (Fsp3) is 0.368. The maximum absolute atomic E-state index is 9.15. The Morgan fingerprint density at radius 3 is 2.72 bits per heavy atom. The molecule has 3 rings (SSSR count). The minimum absolute atomic E-state index is 0.0997. The lowest BCUT2D eigenvalue weighted by Gasteiger charge is -2.18. The number of nitrogens with zero attached hydrogens (tertiary/aromatic N) is 4. The van der Waals surface area contributed by atoms with Gasteiger partial charge in [-0.15, -0.1) is 0 Å². The molecule has 0 amide bonds. The van der Waals surface area contributed by atoms with Crippen LogP contribution in [0.2, 0.25) is 0 Å². The van der Waals surface area contributed by atoms with Crippen LogP contribution >= 0.6 is 0 Å². The summed E-state index contributed by atoms with van der Waals surface area (Å²) in [5.74, 6) is 0. The Morgan fingerprint density at radius 2 is 2.00 bits per heavy atom. The zero-order valence-corrected chi connectivity index (χ0v) is 15.0. The van der Waals surface area contributed by atoms with Gasteiger partial charge < -0.3 is 10.4 Å². The number of aryl methyl sites for hydroxylation is 1. The second kappa shape index (κ2) is 7.63. The van der Waals surface area contributed by atoms with Crippen LogP contribution in [0.25, 0.3) is 5.69 Å². The van der Waals surface area contributed by atoms with E-state index in [0.29, 0.717) is 6.54 Å². The van der Waals surface area contributed by atoms with E-state index in [0.717, 1.165) is 23.6 Å². The number of aromatic nitrogens is 4. The van der Waals surface area contributed by atoms with Crippen LogP contribution < -0.4 is 5.32 Å². The summed E-state index contributed by atoms with van der Waals surface area (Å²) in [6, 6.07) is 10.4. The van der Waals surface area contributed by atoms with E-state index >= 15 is 0 Å². The van der Waals surface area contributed by atoms with Gasteiger partial charge in [-0.1, -0.05) is 18.2 Å². The molecule has 0 spiro atoms. The molecule has 0 fully saturated rings. The Morgan fingerprint density at radius 1 is 1.20 bits per heavy atom. The fourth-order valence-electron chi connectivity index (χ4n) is 3.14. The summed E-state index contributed by atoms with van der Waals surface area (Å²) in [5, 5.41) is 21.6. The number of hydrogen-bond donors (Lipinski definition) is 2. The Bertz CT molecular complexity index is 822. The molecule has 1 aromatic carbocycles. The molecule has 0 aliphatic heterocycles. The van der Waals surface area contributed by atoms with Crippen molar-refractivity contribution < 1.29 is 5.11 Å². The SMILES string of the molecule is Cc1nn(CCO)c(C)c1CNC(C)c1ccccc1-n1cccn1. The lowest BCUT2D eigenvalue weighted by molar-refractivity contribution is 0.267.